The second-order valence-electron chi connectivity index (χ2n) is 7.46. The molecule has 2 aromatic rings. The molecule has 1 N–H and O–H groups in total. The van der Waals surface area contributed by atoms with Crippen LogP contribution >= 0.6 is 0 Å². The molecule has 0 aliphatic rings. The molecule has 0 atom stereocenters. The molecule has 31 heavy (non-hydrogen) atoms. The second-order valence-corrected chi connectivity index (χ2v) is 9.37. The van der Waals surface area contributed by atoms with Crippen LogP contribution in [0, 0.1) is 0 Å². The highest BCUT2D eigenvalue weighted by Crippen LogP contribution is 2.23. The fraction of sp³-hybridized carbons (Fsp3) is 0.435. The number of hydrogen-bond acceptors (Lipinski definition) is 5. The van der Waals surface area contributed by atoms with Crippen molar-refractivity contribution < 1.29 is 22.7 Å². The molecule has 0 aliphatic heterocycles. The van der Waals surface area contributed by atoms with Gasteiger partial charge >= 0.3 is 0 Å². The van der Waals surface area contributed by atoms with E-state index in [4.69, 9.17) is 9.47 Å². The first-order chi connectivity index (χ1) is 14.7. The number of carbonyl (C=O) groups is 1. The largest absolute Gasteiger partial charge is 0.494 e. The maximum Gasteiger partial charge on any atom is 0.240 e. The van der Waals surface area contributed by atoms with Gasteiger partial charge in [-0.05, 0) is 63.4 Å². The first kappa shape index (κ1) is 24.5. The van der Waals surface area contributed by atoms with E-state index in [-0.39, 0.29) is 18.6 Å². The van der Waals surface area contributed by atoms with Crippen LogP contribution in [-0.4, -0.2) is 46.4 Å². The lowest BCUT2D eigenvalue weighted by Gasteiger charge is -2.22. The number of anilines is 1. The molecule has 8 heteroatoms. The molecule has 0 spiro atoms. The third-order valence-electron chi connectivity index (χ3n) is 4.36. The van der Waals surface area contributed by atoms with Crippen molar-refractivity contribution in [2.75, 3.05) is 30.3 Å². The smallest absolute Gasteiger partial charge is 0.240 e. The van der Waals surface area contributed by atoms with E-state index in [1.807, 2.05) is 45.0 Å². The molecule has 7 nitrogen and oxygen atoms in total. The van der Waals surface area contributed by atoms with Gasteiger partial charge in [-0.3, -0.25) is 9.10 Å². The topological polar surface area (TPSA) is 84.9 Å². The zero-order chi connectivity index (χ0) is 22.9. The van der Waals surface area contributed by atoms with E-state index in [1.54, 1.807) is 24.3 Å². The van der Waals surface area contributed by atoms with Crippen LogP contribution < -0.4 is 19.1 Å². The average molecular weight is 449 g/mol. The Hall–Kier alpha value is -2.74. The van der Waals surface area contributed by atoms with E-state index in [2.05, 4.69) is 5.32 Å². The molecule has 0 unspecified atom stereocenters. The van der Waals surface area contributed by atoms with Gasteiger partial charge in [0.15, 0.2) is 0 Å². The predicted molar refractivity (Wildman–Crippen MR) is 123 cm³/mol. The molecule has 0 fully saturated rings. The Morgan fingerprint density at radius 3 is 2.42 bits per heavy atom. The van der Waals surface area contributed by atoms with Crippen LogP contribution in [0.1, 0.15) is 32.8 Å². The standard InChI is InChI=1S/C23H32N2O5S/c1-5-29-22-10-6-9-20(16-22)25(31(4,27)28)17-23(26)24-15-7-8-19-11-13-21(14-12-19)30-18(2)3/h6,9-14,16,18H,5,7-8,15,17H2,1-4H3,(H,24,26). The van der Waals surface area contributed by atoms with Crippen molar-refractivity contribution in [2.24, 2.45) is 0 Å². The van der Waals surface area contributed by atoms with E-state index in [0.29, 0.717) is 24.6 Å². The Balaban J connectivity index is 1.87. The summed E-state index contributed by atoms with van der Waals surface area (Å²) in [5.74, 6) is 1.04. The molecule has 0 saturated carbocycles. The van der Waals surface area contributed by atoms with E-state index in [1.165, 1.54) is 0 Å². The SMILES string of the molecule is CCOc1cccc(N(CC(=O)NCCCc2ccc(OC(C)C)cc2)S(C)(=O)=O)c1. The van der Waals surface area contributed by atoms with Gasteiger partial charge in [0, 0.05) is 12.6 Å². The number of aryl methyl sites for hydroxylation is 1. The summed E-state index contributed by atoms with van der Waals surface area (Å²) in [6.45, 7) is 6.46. The maximum absolute atomic E-state index is 12.4. The number of rotatable bonds is 12. The number of benzene rings is 2. The van der Waals surface area contributed by atoms with Crippen molar-refractivity contribution in [3.8, 4) is 11.5 Å². The van der Waals surface area contributed by atoms with Crippen molar-refractivity contribution in [3.05, 3.63) is 54.1 Å². The maximum atomic E-state index is 12.4. The van der Waals surface area contributed by atoms with Gasteiger partial charge in [0.05, 0.1) is 24.7 Å². The first-order valence-electron chi connectivity index (χ1n) is 10.4. The zero-order valence-electron chi connectivity index (χ0n) is 18.6. The molecule has 0 aliphatic carbocycles. The predicted octanol–water partition coefficient (Wildman–Crippen LogP) is 3.39. The summed E-state index contributed by atoms with van der Waals surface area (Å²) in [6, 6.07) is 14.6. The van der Waals surface area contributed by atoms with E-state index in [9.17, 15) is 13.2 Å². The van der Waals surface area contributed by atoms with Crippen molar-refractivity contribution in [1.82, 2.24) is 5.32 Å². The van der Waals surface area contributed by atoms with Crippen molar-refractivity contribution in [2.45, 2.75) is 39.7 Å². The normalized spacial score (nSPS) is 11.3. The Bertz CT molecular complexity index is 943. The molecule has 0 aromatic heterocycles. The van der Waals surface area contributed by atoms with Crippen LogP contribution in [0.2, 0.25) is 0 Å². The minimum absolute atomic E-state index is 0.134. The van der Waals surface area contributed by atoms with Gasteiger partial charge in [0.1, 0.15) is 18.0 Å². The highest BCUT2D eigenvalue weighted by atomic mass is 32.2. The van der Waals surface area contributed by atoms with E-state index < -0.39 is 10.0 Å². The van der Waals surface area contributed by atoms with Crippen LogP contribution in [-0.2, 0) is 21.2 Å². The minimum Gasteiger partial charge on any atom is -0.494 e. The molecule has 0 bridgehead atoms. The number of sulfonamides is 1. The van der Waals surface area contributed by atoms with Crippen molar-refractivity contribution >= 4 is 21.6 Å². The van der Waals surface area contributed by atoms with Gasteiger partial charge in [-0.15, -0.1) is 0 Å². The minimum atomic E-state index is -3.63. The summed E-state index contributed by atoms with van der Waals surface area (Å²) in [6.07, 6.45) is 2.76. The average Bonchev–Trinajstić information content (AvgIpc) is 2.70. The molecule has 0 saturated heterocycles. The number of carbonyl (C=O) groups excluding carboxylic acids is 1. The van der Waals surface area contributed by atoms with Gasteiger partial charge in [0.2, 0.25) is 15.9 Å². The number of ether oxygens (including phenoxy) is 2. The lowest BCUT2D eigenvalue weighted by atomic mass is 10.1. The third-order valence-corrected chi connectivity index (χ3v) is 5.50. The summed E-state index contributed by atoms with van der Waals surface area (Å²) < 4.78 is 36.6. The summed E-state index contributed by atoms with van der Waals surface area (Å²) in [4.78, 5) is 12.4. The highest BCUT2D eigenvalue weighted by Gasteiger charge is 2.21. The molecule has 1 amide bonds. The summed E-state index contributed by atoms with van der Waals surface area (Å²) in [5.41, 5.74) is 1.54. The lowest BCUT2D eigenvalue weighted by Crippen LogP contribution is -2.40. The Labute approximate surface area is 185 Å². The molecule has 2 aromatic carbocycles. The Kier molecular flexibility index (Phi) is 9.18. The Morgan fingerprint density at radius 2 is 1.81 bits per heavy atom. The third kappa shape index (κ3) is 8.49. The summed E-state index contributed by atoms with van der Waals surface area (Å²) in [5, 5.41) is 2.80. The van der Waals surface area contributed by atoms with Gasteiger partial charge in [-0.25, -0.2) is 8.42 Å². The van der Waals surface area contributed by atoms with Crippen LogP contribution in [0.5, 0.6) is 11.5 Å². The number of nitrogens with zero attached hydrogens (tertiary/aromatic N) is 1. The second kappa shape index (κ2) is 11.6. The van der Waals surface area contributed by atoms with Gasteiger partial charge in [-0.2, -0.15) is 0 Å². The van der Waals surface area contributed by atoms with Crippen LogP contribution in [0.25, 0.3) is 0 Å². The molecule has 2 rings (SSSR count). The van der Waals surface area contributed by atoms with Crippen molar-refractivity contribution in [3.63, 3.8) is 0 Å². The summed E-state index contributed by atoms with van der Waals surface area (Å²) in [7, 11) is -3.63. The number of hydrogen-bond donors (Lipinski definition) is 1. The molecular formula is C23H32N2O5S. The lowest BCUT2D eigenvalue weighted by molar-refractivity contribution is -0.119. The molecule has 0 heterocycles. The van der Waals surface area contributed by atoms with Gasteiger partial charge < -0.3 is 14.8 Å². The van der Waals surface area contributed by atoms with Crippen LogP contribution in [0.15, 0.2) is 48.5 Å². The van der Waals surface area contributed by atoms with Crippen LogP contribution in [0.4, 0.5) is 5.69 Å². The highest BCUT2D eigenvalue weighted by molar-refractivity contribution is 7.92. The van der Waals surface area contributed by atoms with E-state index in [0.717, 1.165) is 34.7 Å². The van der Waals surface area contributed by atoms with Crippen LogP contribution in [0.3, 0.4) is 0 Å². The quantitative estimate of drug-likeness (QED) is 0.503. The molecule has 170 valence electrons. The zero-order valence-corrected chi connectivity index (χ0v) is 19.4. The first-order valence-corrected chi connectivity index (χ1v) is 12.3. The van der Waals surface area contributed by atoms with Crippen molar-refractivity contribution in [1.29, 1.82) is 0 Å². The number of nitrogens with one attached hydrogen (secondary N) is 1. The fourth-order valence-corrected chi connectivity index (χ4v) is 3.86. The molecular weight excluding hydrogens is 416 g/mol. The Morgan fingerprint density at radius 1 is 1.10 bits per heavy atom. The molecule has 0 radical (unpaired) electrons. The fourth-order valence-electron chi connectivity index (χ4n) is 3.01. The van der Waals surface area contributed by atoms with Gasteiger partial charge in [0.25, 0.3) is 0 Å². The van der Waals surface area contributed by atoms with Gasteiger partial charge in [-0.1, -0.05) is 18.2 Å². The number of amides is 1. The van der Waals surface area contributed by atoms with E-state index >= 15 is 0 Å². The summed E-state index contributed by atoms with van der Waals surface area (Å²) >= 11 is 0. The monoisotopic (exact) mass is 448 g/mol.